The normalized spacial score (nSPS) is 54.0. The fraction of sp³-hybridized carbons (Fsp3) is 0.727. The molecule has 4 aliphatic carbocycles. The SMILES string of the molecule is CC1C[C@H]2[C@@H]3CC(F)(F)C4=CC(=O)C=C[C@]4(C)[C@]34OC4C[C@]2(C)[C@@]1(O)C(=O)CO. The Kier molecular flexibility index (Phi) is 3.53. The van der Waals surface area contributed by atoms with Gasteiger partial charge in [0.15, 0.2) is 11.6 Å². The quantitative estimate of drug-likeness (QED) is 0.684. The number of fused-ring (bicyclic) bond motifs is 3. The largest absolute Gasteiger partial charge is 0.388 e. The summed E-state index contributed by atoms with van der Waals surface area (Å²) >= 11 is 0. The van der Waals surface area contributed by atoms with E-state index in [0.717, 1.165) is 6.08 Å². The lowest BCUT2D eigenvalue weighted by Gasteiger charge is -2.57. The topological polar surface area (TPSA) is 87.1 Å². The summed E-state index contributed by atoms with van der Waals surface area (Å²) in [5.74, 6) is -5.64. The first kappa shape index (κ1) is 19.5. The zero-order chi connectivity index (χ0) is 21.2. The third-order valence-electron chi connectivity index (χ3n) is 9.09. The zero-order valence-electron chi connectivity index (χ0n) is 16.7. The van der Waals surface area contributed by atoms with Gasteiger partial charge in [0.1, 0.15) is 17.8 Å². The summed E-state index contributed by atoms with van der Waals surface area (Å²) in [6, 6.07) is 0. The summed E-state index contributed by atoms with van der Waals surface area (Å²) in [5.41, 5.74) is -4.87. The Morgan fingerprint density at radius 1 is 1.28 bits per heavy atom. The van der Waals surface area contributed by atoms with Crippen LogP contribution in [0.5, 0.6) is 0 Å². The minimum absolute atomic E-state index is 0.187. The summed E-state index contributed by atoms with van der Waals surface area (Å²) in [6.07, 6.45) is 3.87. The molecule has 0 aromatic heterocycles. The van der Waals surface area contributed by atoms with E-state index in [-0.39, 0.29) is 17.6 Å². The number of aliphatic hydroxyl groups excluding tert-OH is 1. The molecule has 1 aliphatic heterocycles. The number of ether oxygens (including phenoxy) is 1. The Bertz CT molecular complexity index is 896. The second-order valence-corrected chi connectivity index (χ2v) is 10.1. The molecule has 5 nitrogen and oxygen atoms in total. The number of hydrogen-bond acceptors (Lipinski definition) is 5. The van der Waals surface area contributed by atoms with Gasteiger partial charge in [0.05, 0.1) is 6.10 Å². The van der Waals surface area contributed by atoms with Crippen LogP contribution in [-0.2, 0) is 14.3 Å². The second kappa shape index (κ2) is 5.24. The molecule has 5 aliphatic rings. The van der Waals surface area contributed by atoms with Crippen LogP contribution in [0.15, 0.2) is 23.8 Å². The van der Waals surface area contributed by atoms with Gasteiger partial charge in [-0.2, -0.15) is 0 Å². The number of Topliss-reactive ketones (excluding diaryl/α,β-unsaturated/α-hetero) is 1. The molecule has 1 heterocycles. The highest BCUT2D eigenvalue weighted by atomic mass is 19.3. The smallest absolute Gasteiger partial charge is 0.271 e. The summed E-state index contributed by atoms with van der Waals surface area (Å²) in [6.45, 7) is 4.47. The van der Waals surface area contributed by atoms with E-state index in [1.54, 1.807) is 26.8 Å². The maximum absolute atomic E-state index is 15.3. The molecular weight excluding hydrogens is 382 g/mol. The summed E-state index contributed by atoms with van der Waals surface area (Å²) in [4.78, 5) is 24.5. The van der Waals surface area contributed by atoms with Gasteiger partial charge in [0.2, 0.25) is 0 Å². The van der Waals surface area contributed by atoms with E-state index in [9.17, 15) is 19.8 Å². The van der Waals surface area contributed by atoms with Crippen molar-refractivity contribution in [3.8, 4) is 0 Å². The third-order valence-corrected chi connectivity index (χ3v) is 9.09. The third kappa shape index (κ3) is 1.91. The van der Waals surface area contributed by atoms with Gasteiger partial charge in [-0.15, -0.1) is 0 Å². The number of ketones is 2. The standard InChI is InChI=1S/C22H26F2O5/c1-11-6-13-14-8-20(23,24)15-7-12(26)4-5-18(15,2)22(14)17(29-22)9-19(13,3)21(11,28)16(27)10-25/h4-5,7,11,13-14,17,25,28H,6,8-10H2,1-3H3/t11?,13-,14-,17?,18-,19-,21-,22-/m0/s1. The molecule has 8 atom stereocenters. The van der Waals surface area contributed by atoms with Gasteiger partial charge >= 0.3 is 0 Å². The molecule has 5 rings (SSSR count). The first-order valence-corrected chi connectivity index (χ1v) is 10.3. The molecule has 29 heavy (non-hydrogen) atoms. The molecule has 0 aromatic carbocycles. The number of epoxide rings is 1. The molecular formula is C22H26F2O5. The van der Waals surface area contributed by atoms with Gasteiger partial charge in [-0.3, -0.25) is 9.59 Å². The molecule has 2 unspecified atom stereocenters. The molecule has 7 heteroatoms. The predicted molar refractivity (Wildman–Crippen MR) is 98.0 cm³/mol. The molecule has 0 radical (unpaired) electrons. The van der Waals surface area contributed by atoms with Crippen LogP contribution in [0, 0.1) is 28.6 Å². The van der Waals surface area contributed by atoms with Crippen molar-refractivity contribution in [3.05, 3.63) is 23.8 Å². The van der Waals surface area contributed by atoms with Crippen LogP contribution in [0.3, 0.4) is 0 Å². The van der Waals surface area contributed by atoms with Crippen molar-refractivity contribution >= 4 is 11.6 Å². The minimum atomic E-state index is -3.18. The van der Waals surface area contributed by atoms with Crippen molar-refractivity contribution in [2.75, 3.05) is 6.61 Å². The van der Waals surface area contributed by atoms with E-state index in [1.807, 2.05) is 0 Å². The fourth-order valence-corrected chi connectivity index (χ4v) is 7.72. The second-order valence-electron chi connectivity index (χ2n) is 10.1. The Labute approximate surface area is 167 Å². The van der Waals surface area contributed by atoms with E-state index < -0.39 is 64.4 Å². The lowest BCUT2D eigenvalue weighted by molar-refractivity contribution is -0.169. The number of hydrogen-bond donors (Lipinski definition) is 2. The summed E-state index contributed by atoms with van der Waals surface area (Å²) in [7, 11) is 0. The van der Waals surface area contributed by atoms with Crippen LogP contribution < -0.4 is 0 Å². The molecule has 4 fully saturated rings. The van der Waals surface area contributed by atoms with Gasteiger partial charge in [-0.25, -0.2) is 8.78 Å². The highest BCUT2D eigenvalue weighted by Gasteiger charge is 2.84. The van der Waals surface area contributed by atoms with Gasteiger partial charge in [-0.1, -0.05) is 19.9 Å². The Hall–Kier alpha value is -1.44. The van der Waals surface area contributed by atoms with Crippen LogP contribution in [0.4, 0.5) is 8.78 Å². The lowest BCUT2D eigenvalue weighted by Crippen LogP contribution is -2.64. The molecule has 0 aromatic rings. The number of halogens is 2. The van der Waals surface area contributed by atoms with Crippen LogP contribution in [0.2, 0.25) is 0 Å². The maximum atomic E-state index is 15.3. The molecule has 3 saturated carbocycles. The van der Waals surface area contributed by atoms with Crippen LogP contribution in [0.25, 0.3) is 0 Å². The maximum Gasteiger partial charge on any atom is 0.271 e. The zero-order valence-corrected chi connectivity index (χ0v) is 16.7. The first-order chi connectivity index (χ1) is 13.4. The lowest BCUT2D eigenvalue weighted by atomic mass is 9.46. The van der Waals surface area contributed by atoms with Crippen molar-refractivity contribution < 1.29 is 33.3 Å². The summed E-state index contributed by atoms with van der Waals surface area (Å²) in [5, 5.41) is 20.9. The van der Waals surface area contributed by atoms with E-state index in [1.165, 1.54) is 6.08 Å². The number of carbonyl (C=O) groups is 2. The molecule has 2 N–H and O–H groups in total. The van der Waals surface area contributed by atoms with Crippen molar-refractivity contribution in [2.45, 2.75) is 63.3 Å². The van der Waals surface area contributed by atoms with Crippen molar-refractivity contribution in [3.63, 3.8) is 0 Å². The highest BCUT2D eigenvalue weighted by Crippen LogP contribution is 2.77. The Balaban J connectivity index is 1.65. The monoisotopic (exact) mass is 408 g/mol. The Morgan fingerprint density at radius 3 is 2.62 bits per heavy atom. The van der Waals surface area contributed by atoms with Crippen molar-refractivity contribution in [2.24, 2.45) is 28.6 Å². The van der Waals surface area contributed by atoms with Gasteiger partial charge < -0.3 is 14.9 Å². The van der Waals surface area contributed by atoms with Gasteiger partial charge in [-0.05, 0) is 43.8 Å². The number of allylic oxidation sites excluding steroid dienone is 2. The minimum Gasteiger partial charge on any atom is -0.388 e. The molecule has 0 bridgehead atoms. The molecule has 1 saturated heterocycles. The van der Waals surface area contributed by atoms with Crippen LogP contribution in [-0.4, -0.2) is 51.6 Å². The molecule has 1 spiro atoms. The number of aliphatic hydroxyl groups is 2. The van der Waals surface area contributed by atoms with Gasteiger partial charge in [0, 0.05) is 28.7 Å². The van der Waals surface area contributed by atoms with Crippen LogP contribution >= 0.6 is 0 Å². The van der Waals surface area contributed by atoms with Crippen molar-refractivity contribution in [1.29, 1.82) is 0 Å². The van der Waals surface area contributed by atoms with E-state index in [2.05, 4.69) is 0 Å². The van der Waals surface area contributed by atoms with Crippen LogP contribution in [0.1, 0.15) is 40.0 Å². The van der Waals surface area contributed by atoms with E-state index in [0.29, 0.717) is 12.8 Å². The highest BCUT2D eigenvalue weighted by molar-refractivity contribution is 6.01. The average Bonchev–Trinajstić information content (AvgIpc) is 3.34. The first-order valence-electron chi connectivity index (χ1n) is 10.3. The molecule has 0 amide bonds. The number of carbonyl (C=O) groups excluding carboxylic acids is 2. The van der Waals surface area contributed by atoms with E-state index >= 15 is 8.78 Å². The average molecular weight is 408 g/mol. The summed E-state index contributed by atoms with van der Waals surface area (Å²) < 4.78 is 36.9. The van der Waals surface area contributed by atoms with Gasteiger partial charge in [0.25, 0.3) is 5.92 Å². The Morgan fingerprint density at radius 2 is 1.97 bits per heavy atom. The van der Waals surface area contributed by atoms with Crippen molar-refractivity contribution in [1.82, 2.24) is 0 Å². The van der Waals surface area contributed by atoms with E-state index in [4.69, 9.17) is 4.74 Å². The predicted octanol–water partition coefficient (Wildman–Crippen LogP) is 2.21. The fourth-order valence-electron chi connectivity index (χ4n) is 7.72. The molecule has 158 valence electrons. The number of alkyl halides is 2. The number of rotatable bonds is 2.